The Morgan fingerprint density at radius 3 is 2.62 bits per heavy atom. The fraction of sp³-hybridized carbons (Fsp3) is 0.667. The van der Waals surface area contributed by atoms with Gasteiger partial charge in [-0.2, -0.15) is 0 Å². The molecule has 2 aliphatic heterocycles. The van der Waals surface area contributed by atoms with Crippen LogP contribution in [0.3, 0.4) is 0 Å². The van der Waals surface area contributed by atoms with Gasteiger partial charge in [0.1, 0.15) is 0 Å². The van der Waals surface area contributed by atoms with Gasteiger partial charge < -0.3 is 19.7 Å². The van der Waals surface area contributed by atoms with Crippen molar-refractivity contribution in [1.29, 1.82) is 0 Å². The first kappa shape index (κ1) is 20.1. The lowest BCUT2D eigenvalue weighted by atomic mass is 9.85. The Kier molecular flexibility index (Phi) is 6.30. The number of aromatic nitrogens is 1. The average molecular weight is 402 g/mol. The van der Waals surface area contributed by atoms with Crippen LogP contribution in [0.25, 0.3) is 0 Å². The molecular formula is C21H30N4O4. The van der Waals surface area contributed by atoms with Crippen LogP contribution in [-0.2, 0) is 4.74 Å². The standard InChI is InChI=1S/C21H30N4O4/c1-28-20(26)17-6-3-7-19(23-17)29-21(27)25-13-12-24(16-4-2-5-16)14-18(25)15-8-10-22-11-9-15/h3,6-7,15-16,18,22H,2,4-5,8-14H2,1H3. The van der Waals surface area contributed by atoms with Crippen molar-refractivity contribution in [2.24, 2.45) is 5.92 Å². The SMILES string of the molecule is COC(=O)c1cccc(OC(=O)N2CCN(C3CCC3)CC2C2CCNCC2)n1. The molecule has 8 heteroatoms. The molecule has 8 nitrogen and oxygen atoms in total. The Balaban J connectivity index is 1.47. The maximum Gasteiger partial charge on any atom is 0.416 e. The van der Waals surface area contributed by atoms with E-state index in [1.54, 1.807) is 18.2 Å². The van der Waals surface area contributed by atoms with Crippen molar-refractivity contribution in [2.45, 2.75) is 44.2 Å². The number of ether oxygens (including phenoxy) is 2. The van der Waals surface area contributed by atoms with Gasteiger partial charge in [0.15, 0.2) is 5.69 Å². The number of amides is 1. The lowest BCUT2D eigenvalue weighted by molar-refractivity contribution is 0.00444. The molecule has 1 unspecified atom stereocenters. The number of hydrogen-bond acceptors (Lipinski definition) is 7. The van der Waals surface area contributed by atoms with Crippen LogP contribution in [0, 0.1) is 5.92 Å². The Bertz CT molecular complexity index is 733. The number of nitrogens with zero attached hydrogens (tertiary/aromatic N) is 3. The molecule has 1 aliphatic carbocycles. The van der Waals surface area contributed by atoms with Crippen LogP contribution in [0.15, 0.2) is 18.2 Å². The molecule has 1 amide bonds. The summed E-state index contributed by atoms with van der Waals surface area (Å²) in [6.45, 7) is 4.46. The molecule has 4 rings (SSSR count). The monoisotopic (exact) mass is 402 g/mol. The highest BCUT2D eigenvalue weighted by Gasteiger charge is 2.40. The third-order valence-corrected chi connectivity index (χ3v) is 6.51. The predicted molar refractivity (Wildman–Crippen MR) is 107 cm³/mol. The van der Waals surface area contributed by atoms with Crippen molar-refractivity contribution < 1.29 is 19.1 Å². The summed E-state index contributed by atoms with van der Waals surface area (Å²) in [6, 6.07) is 5.60. The maximum absolute atomic E-state index is 13.0. The third-order valence-electron chi connectivity index (χ3n) is 6.51. The number of carbonyl (C=O) groups is 2. The summed E-state index contributed by atoms with van der Waals surface area (Å²) >= 11 is 0. The molecule has 3 aliphatic rings. The number of hydrogen-bond donors (Lipinski definition) is 1. The molecule has 1 atom stereocenters. The highest BCUT2D eigenvalue weighted by atomic mass is 16.6. The normalized spacial score (nSPS) is 24.0. The number of pyridine rings is 1. The van der Waals surface area contributed by atoms with Crippen molar-refractivity contribution in [3.63, 3.8) is 0 Å². The molecule has 2 saturated heterocycles. The number of piperazine rings is 1. The summed E-state index contributed by atoms with van der Waals surface area (Å²) in [4.78, 5) is 33.3. The van der Waals surface area contributed by atoms with Gasteiger partial charge in [0.05, 0.1) is 13.2 Å². The molecule has 1 aromatic rings. The van der Waals surface area contributed by atoms with Gasteiger partial charge in [-0.05, 0) is 50.8 Å². The summed E-state index contributed by atoms with van der Waals surface area (Å²) in [5.41, 5.74) is 0.127. The number of carbonyl (C=O) groups excluding carboxylic acids is 2. The molecule has 158 valence electrons. The number of nitrogens with one attached hydrogen (secondary N) is 1. The zero-order chi connectivity index (χ0) is 20.2. The van der Waals surface area contributed by atoms with Crippen molar-refractivity contribution >= 4 is 12.1 Å². The van der Waals surface area contributed by atoms with Gasteiger partial charge in [-0.25, -0.2) is 14.6 Å². The van der Waals surface area contributed by atoms with Gasteiger partial charge in [0, 0.05) is 31.7 Å². The van der Waals surface area contributed by atoms with E-state index in [1.807, 2.05) is 4.90 Å². The zero-order valence-corrected chi connectivity index (χ0v) is 17.0. The second-order valence-corrected chi connectivity index (χ2v) is 8.15. The van der Waals surface area contributed by atoms with Crippen LogP contribution in [0.2, 0.25) is 0 Å². The van der Waals surface area contributed by atoms with Crippen molar-refractivity contribution in [3.8, 4) is 5.88 Å². The molecule has 0 aromatic carbocycles. The van der Waals surface area contributed by atoms with Crippen LogP contribution in [0.5, 0.6) is 5.88 Å². The molecule has 3 fully saturated rings. The van der Waals surface area contributed by atoms with Crippen LogP contribution < -0.4 is 10.1 Å². The predicted octanol–water partition coefficient (Wildman–Crippen LogP) is 1.91. The van der Waals surface area contributed by atoms with E-state index in [0.717, 1.165) is 39.0 Å². The third kappa shape index (κ3) is 4.53. The fourth-order valence-electron chi connectivity index (χ4n) is 4.61. The van der Waals surface area contributed by atoms with Gasteiger partial charge in [0.25, 0.3) is 0 Å². The highest BCUT2D eigenvalue weighted by molar-refractivity contribution is 5.87. The minimum absolute atomic E-state index is 0.127. The second kappa shape index (κ2) is 9.09. The summed E-state index contributed by atoms with van der Waals surface area (Å²) in [6.07, 6.45) is 5.62. The first-order valence-corrected chi connectivity index (χ1v) is 10.6. The van der Waals surface area contributed by atoms with Gasteiger partial charge in [0.2, 0.25) is 5.88 Å². The minimum Gasteiger partial charge on any atom is -0.464 e. The molecule has 1 N–H and O–H groups in total. The largest absolute Gasteiger partial charge is 0.464 e. The molecule has 0 bridgehead atoms. The minimum atomic E-state index is -0.551. The number of rotatable bonds is 4. The summed E-state index contributed by atoms with van der Waals surface area (Å²) in [5, 5.41) is 3.41. The maximum atomic E-state index is 13.0. The Morgan fingerprint density at radius 1 is 1.14 bits per heavy atom. The Hall–Kier alpha value is -2.19. The lowest BCUT2D eigenvalue weighted by Gasteiger charge is -2.49. The first-order chi connectivity index (χ1) is 14.2. The number of methoxy groups -OCH3 is 1. The molecule has 1 aromatic heterocycles. The molecular weight excluding hydrogens is 372 g/mol. The summed E-state index contributed by atoms with van der Waals surface area (Å²) < 4.78 is 10.3. The van der Waals surface area contributed by atoms with Crippen molar-refractivity contribution in [1.82, 2.24) is 20.1 Å². The van der Waals surface area contributed by atoms with E-state index in [1.165, 1.54) is 26.4 Å². The van der Waals surface area contributed by atoms with E-state index in [-0.39, 0.29) is 23.7 Å². The van der Waals surface area contributed by atoms with E-state index < -0.39 is 5.97 Å². The van der Waals surface area contributed by atoms with Gasteiger partial charge in [-0.15, -0.1) is 0 Å². The van der Waals surface area contributed by atoms with E-state index in [9.17, 15) is 9.59 Å². The summed E-state index contributed by atoms with van der Waals surface area (Å²) in [5.74, 6) is 0.0500. The van der Waals surface area contributed by atoms with Gasteiger partial charge in [-0.1, -0.05) is 12.5 Å². The molecule has 0 radical (unpaired) electrons. The van der Waals surface area contributed by atoms with Crippen molar-refractivity contribution in [3.05, 3.63) is 23.9 Å². The zero-order valence-electron chi connectivity index (χ0n) is 17.0. The van der Waals surface area contributed by atoms with E-state index in [4.69, 9.17) is 9.47 Å². The highest BCUT2D eigenvalue weighted by Crippen LogP contribution is 2.31. The number of piperidine rings is 1. The fourth-order valence-corrected chi connectivity index (χ4v) is 4.61. The quantitative estimate of drug-likeness (QED) is 0.770. The van der Waals surface area contributed by atoms with Crippen molar-refractivity contribution in [2.75, 3.05) is 39.8 Å². The topological polar surface area (TPSA) is 84.0 Å². The van der Waals surface area contributed by atoms with Crippen LogP contribution >= 0.6 is 0 Å². The average Bonchev–Trinajstić information content (AvgIpc) is 2.72. The Morgan fingerprint density at radius 2 is 1.93 bits per heavy atom. The van der Waals surface area contributed by atoms with E-state index in [2.05, 4.69) is 15.2 Å². The van der Waals surface area contributed by atoms with E-state index in [0.29, 0.717) is 18.5 Å². The van der Waals surface area contributed by atoms with Gasteiger partial charge in [-0.3, -0.25) is 4.90 Å². The van der Waals surface area contributed by atoms with Crippen LogP contribution in [0.1, 0.15) is 42.6 Å². The molecule has 3 heterocycles. The van der Waals surface area contributed by atoms with E-state index >= 15 is 0 Å². The number of esters is 1. The molecule has 1 saturated carbocycles. The second-order valence-electron chi connectivity index (χ2n) is 8.15. The van der Waals surface area contributed by atoms with Gasteiger partial charge >= 0.3 is 12.1 Å². The summed E-state index contributed by atoms with van der Waals surface area (Å²) in [7, 11) is 1.30. The molecule has 29 heavy (non-hydrogen) atoms. The van der Waals surface area contributed by atoms with Crippen LogP contribution in [-0.4, -0.2) is 78.8 Å². The molecule has 0 spiro atoms. The lowest BCUT2D eigenvalue weighted by Crippen LogP contribution is -2.62. The Labute approximate surface area is 171 Å². The first-order valence-electron chi connectivity index (χ1n) is 10.6. The smallest absolute Gasteiger partial charge is 0.416 e. The van der Waals surface area contributed by atoms with Crippen LogP contribution in [0.4, 0.5) is 4.79 Å².